The molecule has 2 aromatic heterocycles. The molecule has 0 aromatic carbocycles. The molecule has 3 heterocycles. The quantitative estimate of drug-likeness (QED) is 0.889. The summed E-state index contributed by atoms with van der Waals surface area (Å²) in [5.41, 5.74) is 7.32. The number of anilines is 2. The van der Waals surface area contributed by atoms with E-state index in [1.807, 2.05) is 11.5 Å². The number of imidazole rings is 1. The van der Waals surface area contributed by atoms with Crippen molar-refractivity contribution >= 4 is 22.9 Å². The molecular formula is C15H22N6O2. The maximum Gasteiger partial charge on any atom is 0.224 e. The maximum atomic E-state index is 5.90. The molecule has 8 nitrogen and oxygen atoms in total. The first-order chi connectivity index (χ1) is 11.2. The molecule has 0 bridgehead atoms. The Bertz CT molecular complexity index is 697. The van der Waals surface area contributed by atoms with Gasteiger partial charge in [-0.2, -0.15) is 9.97 Å². The molecule has 1 aliphatic carbocycles. The first-order valence-electron chi connectivity index (χ1n) is 8.28. The molecular weight excluding hydrogens is 296 g/mol. The van der Waals surface area contributed by atoms with Crippen molar-refractivity contribution in [3.05, 3.63) is 6.33 Å². The van der Waals surface area contributed by atoms with Crippen molar-refractivity contribution in [2.75, 3.05) is 17.7 Å². The summed E-state index contributed by atoms with van der Waals surface area (Å²) in [5.74, 6) is 0.954. The molecule has 124 valence electrons. The highest BCUT2D eigenvalue weighted by Crippen LogP contribution is 2.29. The minimum absolute atomic E-state index is 0.173. The first kappa shape index (κ1) is 14.6. The van der Waals surface area contributed by atoms with Crippen molar-refractivity contribution in [2.24, 2.45) is 0 Å². The Labute approximate surface area is 134 Å². The Hall–Kier alpha value is -1.93. The number of hydrogen-bond donors (Lipinski definition) is 2. The van der Waals surface area contributed by atoms with E-state index in [-0.39, 0.29) is 18.5 Å². The lowest BCUT2D eigenvalue weighted by Gasteiger charge is -2.14. The van der Waals surface area contributed by atoms with Gasteiger partial charge in [-0.3, -0.25) is 4.57 Å². The number of nitrogens with two attached hydrogens (primary N) is 1. The topological polar surface area (TPSA) is 100 Å². The number of ether oxygens (including phenoxy) is 2. The fourth-order valence-electron chi connectivity index (χ4n) is 3.31. The Morgan fingerprint density at radius 1 is 1.35 bits per heavy atom. The van der Waals surface area contributed by atoms with Gasteiger partial charge in [0.1, 0.15) is 0 Å². The van der Waals surface area contributed by atoms with Crippen LogP contribution < -0.4 is 11.1 Å². The molecule has 0 amide bonds. The monoisotopic (exact) mass is 318 g/mol. The Morgan fingerprint density at radius 3 is 2.91 bits per heavy atom. The largest absolute Gasteiger partial charge is 0.368 e. The zero-order valence-corrected chi connectivity index (χ0v) is 13.2. The van der Waals surface area contributed by atoms with Crippen molar-refractivity contribution in [1.82, 2.24) is 19.5 Å². The summed E-state index contributed by atoms with van der Waals surface area (Å²) in [7, 11) is 0. The van der Waals surface area contributed by atoms with Crippen molar-refractivity contribution < 1.29 is 9.47 Å². The van der Waals surface area contributed by atoms with Crippen LogP contribution in [0.25, 0.3) is 11.2 Å². The summed E-state index contributed by atoms with van der Waals surface area (Å²) in [6.07, 6.45) is 6.96. The minimum Gasteiger partial charge on any atom is -0.368 e. The number of nitrogens with one attached hydrogen (secondary N) is 1. The molecule has 2 atom stereocenters. The summed E-state index contributed by atoms with van der Waals surface area (Å²) in [6, 6.07) is 0.438. The molecule has 1 saturated heterocycles. The molecule has 8 heteroatoms. The SMILES string of the molecule is CC[C@@H]1OC[C@H](n2cnc3c(NC4CCCC4)nc(N)nc32)O1. The lowest BCUT2D eigenvalue weighted by molar-refractivity contribution is -0.0715. The highest BCUT2D eigenvalue weighted by atomic mass is 16.7. The van der Waals surface area contributed by atoms with Crippen LogP contribution in [0.15, 0.2) is 6.33 Å². The predicted octanol–water partition coefficient (Wildman–Crippen LogP) is 2.04. The molecule has 3 N–H and O–H groups in total. The maximum absolute atomic E-state index is 5.90. The smallest absolute Gasteiger partial charge is 0.224 e. The van der Waals surface area contributed by atoms with E-state index in [0.717, 1.165) is 24.8 Å². The van der Waals surface area contributed by atoms with Crippen LogP contribution in [-0.2, 0) is 9.47 Å². The minimum atomic E-state index is -0.224. The van der Waals surface area contributed by atoms with Crippen LogP contribution in [0.3, 0.4) is 0 Å². The lowest BCUT2D eigenvalue weighted by Crippen LogP contribution is -2.17. The fraction of sp³-hybridized carbons (Fsp3) is 0.667. The molecule has 4 rings (SSSR count). The number of nitrogen functional groups attached to an aromatic ring is 1. The highest BCUT2D eigenvalue weighted by Gasteiger charge is 2.28. The van der Waals surface area contributed by atoms with Gasteiger partial charge in [-0.05, 0) is 19.3 Å². The van der Waals surface area contributed by atoms with E-state index in [1.165, 1.54) is 12.8 Å². The predicted molar refractivity (Wildman–Crippen MR) is 85.8 cm³/mol. The molecule has 2 aromatic rings. The summed E-state index contributed by atoms with van der Waals surface area (Å²) < 4.78 is 13.3. The normalized spacial score (nSPS) is 25.4. The zero-order chi connectivity index (χ0) is 15.8. The molecule has 1 aliphatic heterocycles. The van der Waals surface area contributed by atoms with E-state index in [1.54, 1.807) is 6.33 Å². The van der Waals surface area contributed by atoms with Crippen LogP contribution >= 0.6 is 0 Å². The lowest BCUT2D eigenvalue weighted by atomic mass is 10.2. The van der Waals surface area contributed by atoms with Crippen LogP contribution in [0.1, 0.15) is 45.3 Å². The van der Waals surface area contributed by atoms with Gasteiger partial charge in [0.2, 0.25) is 5.95 Å². The third-order valence-electron chi connectivity index (χ3n) is 4.51. The highest BCUT2D eigenvalue weighted by molar-refractivity contribution is 5.84. The van der Waals surface area contributed by atoms with E-state index in [4.69, 9.17) is 15.2 Å². The average Bonchev–Trinajstić information content (AvgIpc) is 3.26. The number of rotatable bonds is 4. The third-order valence-corrected chi connectivity index (χ3v) is 4.51. The second-order valence-corrected chi connectivity index (χ2v) is 6.14. The van der Waals surface area contributed by atoms with Crippen LogP contribution in [0.5, 0.6) is 0 Å². The van der Waals surface area contributed by atoms with Crippen LogP contribution in [0.2, 0.25) is 0 Å². The number of fused-ring (bicyclic) bond motifs is 1. The van der Waals surface area contributed by atoms with E-state index < -0.39 is 0 Å². The number of aromatic nitrogens is 4. The summed E-state index contributed by atoms with van der Waals surface area (Å²) in [4.78, 5) is 13.2. The van der Waals surface area contributed by atoms with Gasteiger partial charge in [0.05, 0.1) is 12.9 Å². The molecule has 23 heavy (non-hydrogen) atoms. The standard InChI is InChI=1S/C15H22N6O2/c1-2-11-22-7-10(23-11)21-8-17-12-13(18-9-5-3-4-6-9)19-15(16)20-14(12)21/h8-11H,2-7H2,1H3,(H3,16,18,19,20)/t10-,11-/m1/s1. The Morgan fingerprint density at radius 2 is 2.17 bits per heavy atom. The van der Waals surface area contributed by atoms with Crippen molar-refractivity contribution in [1.29, 1.82) is 0 Å². The summed E-state index contributed by atoms with van der Waals surface area (Å²) in [6.45, 7) is 2.52. The van der Waals surface area contributed by atoms with Crippen molar-refractivity contribution in [2.45, 2.75) is 57.6 Å². The Kier molecular flexibility index (Phi) is 3.78. The van der Waals surface area contributed by atoms with Gasteiger partial charge in [-0.25, -0.2) is 4.98 Å². The third kappa shape index (κ3) is 2.72. The Balaban J connectivity index is 1.67. The molecule has 0 radical (unpaired) electrons. The van der Waals surface area contributed by atoms with Gasteiger partial charge in [-0.1, -0.05) is 19.8 Å². The van der Waals surface area contributed by atoms with Gasteiger partial charge in [0.15, 0.2) is 29.5 Å². The fourth-order valence-corrected chi connectivity index (χ4v) is 3.31. The van der Waals surface area contributed by atoms with E-state index in [2.05, 4.69) is 20.3 Å². The van der Waals surface area contributed by atoms with Gasteiger partial charge in [-0.15, -0.1) is 0 Å². The van der Waals surface area contributed by atoms with Crippen LogP contribution in [0.4, 0.5) is 11.8 Å². The van der Waals surface area contributed by atoms with E-state index in [9.17, 15) is 0 Å². The van der Waals surface area contributed by atoms with Crippen LogP contribution in [0, 0.1) is 0 Å². The second kappa shape index (κ2) is 5.93. The second-order valence-electron chi connectivity index (χ2n) is 6.14. The number of nitrogens with zero attached hydrogens (tertiary/aromatic N) is 4. The van der Waals surface area contributed by atoms with E-state index in [0.29, 0.717) is 24.1 Å². The van der Waals surface area contributed by atoms with Gasteiger partial charge < -0.3 is 20.5 Å². The molecule has 1 saturated carbocycles. The summed E-state index contributed by atoms with van der Waals surface area (Å²) >= 11 is 0. The average molecular weight is 318 g/mol. The van der Waals surface area contributed by atoms with Gasteiger partial charge >= 0.3 is 0 Å². The molecule has 0 spiro atoms. The van der Waals surface area contributed by atoms with E-state index >= 15 is 0 Å². The first-order valence-corrected chi connectivity index (χ1v) is 8.28. The van der Waals surface area contributed by atoms with Crippen molar-refractivity contribution in [3.8, 4) is 0 Å². The molecule has 0 unspecified atom stereocenters. The summed E-state index contributed by atoms with van der Waals surface area (Å²) in [5, 5.41) is 3.47. The van der Waals surface area contributed by atoms with Gasteiger partial charge in [0, 0.05) is 6.04 Å². The molecule has 2 aliphatic rings. The zero-order valence-electron chi connectivity index (χ0n) is 13.2. The van der Waals surface area contributed by atoms with Crippen LogP contribution in [-0.4, -0.2) is 38.5 Å². The van der Waals surface area contributed by atoms with Gasteiger partial charge in [0.25, 0.3) is 0 Å². The molecule has 2 fully saturated rings. The number of hydrogen-bond acceptors (Lipinski definition) is 7. The van der Waals surface area contributed by atoms with Crippen molar-refractivity contribution in [3.63, 3.8) is 0 Å².